The first kappa shape index (κ1) is 15.9. The van der Waals surface area contributed by atoms with E-state index in [9.17, 15) is 9.18 Å². The molecule has 7 heteroatoms. The molecule has 0 fully saturated rings. The highest BCUT2D eigenvalue weighted by atomic mass is 19.1. The van der Waals surface area contributed by atoms with E-state index in [1.54, 1.807) is 24.3 Å². The fourth-order valence-electron chi connectivity index (χ4n) is 2.46. The quantitative estimate of drug-likeness (QED) is 0.696. The summed E-state index contributed by atoms with van der Waals surface area (Å²) in [6.45, 7) is -0.159. The monoisotopic (exact) mass is 326 g/mol. The average molecular weight is 326 g/mol. The number of aliphatic hydroxyl groups excluding tert-OH is 1. The Morgan fingerprint density at radius 2 is 1.83 bits per heavy atom. The topological polar surface area (TPSA) is 102 Å². The second-order valence-corrected chi connectivity index (χ2v) is 5.27. The second kappa shape index (κ2) is 6.67. The maximum Gasteiger partial charge on any atom is 0.221 e. The van der Waals surface area contributed by atoms with Crippen molar-refractivity contribution in [3.63, 3.8) is 0 Å². The zero-order valence-electron chi connectivity index (χ0n) is 12.7. The Labute approximate surface area is 137 Å². The number of para-hydroxylation sites is 1. The smallest absolute Gasteiger partial charge is 0.221 e. The summed E-state index contributed by atoms with van der Waals surface area (Å²) in [5, 5.41) is 9.44. The van der Waals surface area contributed by atoms with Crippen molar-refractivity contribution in [2.45, 2.75) is 19.4 Å². The minimum absolute atomic E-state index is 0.0359. The lowest BCUT2D eigenvalue weighted by atomic mass is 10.1. The van der Waals surface area contributed by atoms with Gasteiger partial charge in [0.2, 0.25) is 5.95 Å². The number of ketones is 1. The number of Topliss-reactive ketones (excluding diaryl/α,β-unsaturated/α-hetero) is 1. The third-order valence-electron chi connectivity index (χ3n) is 3.59. The van der Waals surface area contributed by atoms with Gasteiger partial charge in [0, 0.05) is 17.5 Å². The van der Waals surface area contributed by atoms with Crippen LogP contribution in [0.3, 0.4) is 0 Å². The standard InChI is InChI=1S/C17H15FN4O2/c18-13-6-2-5-12-15(13)21-17(19)22-16(12)14(24)8-7-10-3-1-4-11(9-23)20-10/h1-6,23H,7-9H2,(H2,19,21,22). The first-order chi connectivity index (χ1) is 11.6. The van der Waals surface area contributed by atoms with Crippen LogP contribution in [0.2, 0.25) is 0 Å². The number of hydrogen-bond donors (Lipinski definition) is 2. The summed E-state index contributed by atoms with van der Waals surface area (Å²) in [5.74, 6) is -0.958. The maximum absolute atomic E-state index is 13.9. The van der Waals surface area contributed by atoms with Crippen molar-refractivity contribution in [2.75, 3.05) is 5.73 Å². The van der Waals surface area contributed by atoms with Crippen LogP contribution in [0.5, 0.6) is 0 Å². The lowest BCUT2D eigenvalue weighted by molar-refractivity contribution is 0.0979. The summed E-state index contributed by atoms with van der Waals surface area (Å²) in [5.41, 5.74) is 6.97. The molecule has 0 aliphatic carbocycles. The normalized spacial score (nSPS) is 10.9. The molecule has 0 spiro atoms. The third kappa shape index (κ3) is 3.21. The lowest BCUT2D eigenvalue weighted by Crippen LogP contribution is -2.09. The van der Waals surface area contributed by atoms with Gasteiger partial charge >= 0.3 is 0 Å². The second-order valence-electron chi connectivity index (χ2n) is 5.27. The molecule has 6 nitrogen and oxygen atoms in total. The molecule has 0 aliphatic heterocycles. The first-order valence-corrected chi connectivity index (χ1v) is 7.39. The molecule has 3 rings (SSSR count). The van der Waals surface area contributed by atoms with Gasteiger partial charge in [-0.2, -0.15) is 0 Å². The number of anilines is 1. The summed E-state index contributed by atoms with van der Waals surface area (Å²) in [4.78, 5) is 24.6. The van der Waals surface area contributed by atoms with Gasteiger partial charge < -0.3 is 10.8 Å². The highest BCUT2D eigenvalue weighted by molar-refractivity contribution is 6.05. The summed E-state index contributed by atoms with van der Waals surface area (Å²) >= 11 is 0. The molecule has 0 aliphatic rings. The minimum Gasteiger partial charge on any atom is -0.390 e. The molecular weight excluding hydrogens is 311 g/mol. The number of pyridine rings is 1. The van der Waals surface area contributed by atoms with Crippen molar-refractivity contribution in [1.82, 2.24) is 15.0 Å². The largest absolute Gasteiger partial charge is 0.390 e. The number of aliphatic hydroxyl groups is 1. The van der Waals surface area contributed by atoms with Crippen molar-refractivity contribution in [2.24, 2.45) is 0 Å². The number of hydrogen-bond acceptors (Lipinski definition) is 6. The number of carbonyl (C=O) groups excluding carboxylic acids is 1. The van der Waals surface area contributed by atoms with E-state index in [1.165, 1.54) is 12.1 Å². The third-order valence-corrected chi connectivity index (χ3v) is 3.59. The molecule has 0 atom stereocenters. The van der Waals surface area contributed by atoms with Gasteiger partial charge in [-0.1, -0.05) is 18.2 Å². The van der Waals surface area contributed by atoms with E-state index >= 15 is 0 Å². The van der Waals surface area contributed by atoms with Crippen LogP contribution in [-0.4, -0.2) is 25.8 Å². The van der Waals surface area contributed by atoms with Crippen LogP contribution in [0.15, 0.2) is 36.4 Å². The Balaban J connectivity index is 1.87. The highest BCUT2D eigenvalue weighted by Gasteiger charge is 2.16. The van der Waals surface area contributed by atoms with Gasteiger partial charge in [-0.25, -0.2) is 14.4 Å². The summed E-state index contributed by atoms with van der Waals surface area (Å²) in [6, 6.07) is 9.60. The Kier molecular flexibility index (Phi) is 4.43. The first-order valence-electron chi connectivity index (χ1n) is 7.39. The van der Waals surface area contributed by atoms with E-state index in [1.807, 2.05) is 0 Å². The van der Waals surface area contributed by atoms with Gasteiger partial charge in [-0.15, -0.1) is 0 Å². The number of carbonyl (C=O) groups is 1. The van der Waals surface area contributed by atoms with Crippen LogP contribution in [-0.2, 0) is 13.0 Å². The number of nitrogen functional groups attached to an aromatic ring is 1. The molecular formula is C17H15FN4O2. The molecule has 3 N–H and O–H groups in total. The van der Waals surface area contributed by atoms with Crippen LogP contribution >= 0.6 is 0 Å². The number of benzene rings is 1. The molecule has 0 radical (unpaired) electrons. The molecule has 0 amide bonds. The van der Waals surface area contributed by atoms with Crippen LogP contribution in [0.25, 0.3) is 10.9 Å². The molecule has 1 aromatic carbocycles. The van der Waals surface area contributed by atoms with Crippen molar-refractivity contribution in [3.8, 4) is 0 Å². The number of fused-ring (bicyclic) bond motifs is 1. The molecule has 122 valence electrons. The van der Waals surface area contributed by atoms with Crippen LogP contribution < -0.4 is 5.73 Å². The van der Waals surface area contributed by atoms with Crippen LogP contribution in [0.1, 0.15) is 28.3 Å². The fraction of sp³-hybridized carbons (Fsp3) is 0.176. The van der Waals surface area contributed by atoms with Gasteiger partial charge in [-0.3, -0.25) is 9.78 Å². The summed E-state index contributed by atoms with van der Waals surface area (Å²) in [6.07, 6.45) is 0.525. The van der Waals surface area contributed by atoms with Crippen molar-refractivity contribution in [1.29, 1.82) is 0 Å². The molecule has 0 unspecified atom stereocenters. The zero-order valence-corrected chi connectivity index (χ0v) is 12.7. The Hall–Kier alpha value is -2.93. The van der Waals surface area contributed by atoms with Gasteiger partial charge in [0.1, 0.15) is 17.0 Å². The molecule has 3 aromatic rings. The van der Waals surface area contributed by atoms with Gasteiger partial charge in [-0.05, 0) is 24.6 Å². The number of nitrogens with two attached hydrogens (primary N) is 1. The molecule has 0 saturated heterocycles. The minimum atomic E-state index is -0.548. The number of halogens is 1. The van der Waals surface area contributed by atoms with E-state index in [0.29, 0.717) is 23.2 Å². The highest BCUT2D eigenvalue weighted by Crippen LogP contribution is 2.21. The number of aryl methyl sites for hydroxylation is 1. The maximum atomic E-state index is 13.9. The van der Waals surface area contributed by atoms with Crippen molar-refractivity contribution < 1.29 is 14.3 Å². The molecule has 0 bridgehead atoms. The van der Waals surface area contributed by atoms with Crippen LogP contribution in [0, 0.1) is 5.82 Å². The molecule has 2 aromatic heterocycles. The Bertz CT molecular complexity index is 914. The van der Waals surface area contributed by atoms with Crippen molar-refractivity contribution in [3.05, 3.63) is 59.3 Å². The van der Waals surface area contributed by atoms with E-state index in [4.69, 9.17) is 10.8 Å². The Morgan fingerprint density at radius 1 is 1.08 bits per heavy atom. The summed E-state index contributed by atoms with van der Waals surface area (Å²) < 4.78 is 13.9. The van der Waals surface area contributed by atoms with Crippen molar-refractivity contribution >= 4 is 22.6 Å². The predicted molar refractivity (Wildman–Crippen MR) is 86.7 cm³/mol. The molecule has 24 heavy (non-hydrogen) atoms. The van der Waals surface area contributed by atoms with E-state index in [-0.39, 0.29) is 36.0 Å². The Morgan fingerprint density at radius 3 is 2.62 bits per heavy atom. The summed E-state index contributed by atoms with van der Waals surface area (Å²) in [7, 11) is 0. The zero-order chi connectivity index (χ0) is 17.1. The molecule has 2 heterocycles. The average Bonchev–Trinajstić information content (AvgIpc) is 2.60. The van der Waals surface area contributed by atoms with E-state index < -0.39 is 5.82 Å². The lowest BCUT2D eigenvalue weighted by Gasteiger charge is -2.07. The van der Waals surface area contributed by atoms with E-state index in [0.717, 1.165) is 0 Å². The fourth-order valence-corrected chi connectivity index (χ4v) is 2.46. The van der Waals surface area contributed by atoms with E-state index in [2.05, 4.69) is 15.0 Å². The SMILES string of the molecule is Nc1nc(C(=O)CCc2cccc(CO)n2)c2cccc(F)c2n1. The van der Waals surface area contributed by atoms with Gasteiger partial charge in [0.05, 0.1) is 12.3 Å². The number of rotatable bonds is 5. The molecule has 0 saturated carbocycles. The van der Waals surface area contributed by atoms with Gasteiger partial charge in [0.15, 0.2) is 5.78 Å². The van der Waals surface area contributed by atoms with Gasteiger partial charge in [0.25, 0.3) is 0 Å². The number of nitrogens with zero attached hydrogens (tertiary/aromatic N) is 3. The predicted octanol–water partition coefficient (Wildman–Crippen LogP) is 2.05. The number of aromatic nitrogens is 3. The van der Waals surface area contributed by atoms with Crippen LogP contribution in [0.4, 0.5) is 10.3 Å².